The summed E-state index contributed by atoms with van der Waals surface area (Å²) in [6, 6.07) is 0. The molecule has 9 heteroatoms. The molecule has 0 bridgehead atoms. The molecule has 0 atom stereocenters. The molecule has 0 fully saturated rings. The average molecular weight is 707 g/mol. The maximum atomic E-state index is 12.0. The summed E-state index contributed by atoms with van der Waals surface area (Å²) in [5.41, 5.74) is 3.34. The summed E-state index contributed by atoms with van der Waals surface area (Å²) < 4.78 is 14.8. The van der Waals surface area contributed by atoms with Gasteiger partial charge >= 0.3 is 69.5 Å². The van der Waals surface area contributed by atoms with Crippen molar-refractivity contribution < 1.29 is 19.7 Å². The van der Waals surface area contributed by atoms with Crippen LogP contribution in [0.1, 0.15) is 73.6 Å². The van der Waals surface area contributed by atoms with Gasteiger partial charge in [0.15, 0.2) is 0 Å². The fourth-order valence-electron chi connectivity index (χ4n) is 3.09. The molecule has 0 unspecified atom stereocenters. The third-order valence-corrected chi connectivity index (χ3v) is 11.2. The zero-order valence-electron chi connectivity index (χ0n) is 21.1. The van der Waals surface area contributed by atoms with Crippen molar-refractivity contribution in [2.24, 2.45) is 9.98 Å². The van der Waals surface area contributed by atoms with Crippen molar-refractivity contribution in [3.05, 3.63) is 43.4 Å². The van der Waals surface area contributed by atoms with E-state index in [0.717, 1.165) is 20.1 Å². The van der Waals surface area contributed by atoms with E-state index in [1.54, 1.807) is 36.6 Å². The first-order valence-corrected chi connectivity index (χ1v) is 17.5. The van der Waals surface area contributed by atoms with Gasteiger partial charge in [0.05, 0.1) is 34.7 Å². The first-order valence-electron chi connectivity index (χ1n) is 11.9. The number of rotatable bonds is 12. The van der Waals surface area contributed by atoms with Gasteiger partial charge < -0.3 is 19.7 Å². The summed E-state index contributed by atoms with van der Waals surface area (Å²) in [7, 11) is 0. The maximum Gasteiger partial charge on any atom is 0.0891 e. The van der Waals surface area contributed by atoms with Gasteiger partial charge in [-0.3, -0.25) is 0 Å². The average Bonchev–Trinajstić information content (AvgIpc) is 3.25. The van der Waals surface area contributed by atoms with Gasteiger partial charge in [-0.05, 0) is 70.1 Å². The number of hydrogen-bond donors (Lipinski definition) is 0. The smallest absolute Gasteiger partial charge is 0.0891 e. The van der Waals surface area contributed by atoms with Crippen LogP contribution in [0.5, 0.6) is 0 Å². The van der Waals surface area contributed by atoms with E-state index in [9.17, 15) is 10.2 Å². The molecule has 0 saturated carbocycles. The second-order valence-corrected chi connectivity index (χ2v) is 13.6. The summed E-state index contributed by atoms with van der Waals surface area (Å²) in [5.74, 6) is -0.908. The van der Waals surface area contributed by atoms with Crippen LogP contribution in [-0.2, 0) is 9.47 Å². The molecule has 6 nitrogen and oxygen atoms in total. The minimum Gasteiger partial charge on any atom is -0.612 e. The Hall–Kier alpha value is -0.741. The second kappa shape index (κ2) is 16.8. The minimum absolute atomic E-state index is 0.149. The van der Waals surface area contributed by atoms with E-state index in [-0.39, 0.29) is 45.8 Å². The normalized spacial score (nSPS) is 18.2. The van der Waals surface area contributed by atoms with Gasteiger partial charge in [-0.2, -0.15) is 0 Å². The molecule has 0 aliphatic carbocycles. The van der Waals surface area contributed by atoms with Crippen LogP contribution in [0, 0.1) is 0 Å². The Morgan fingerprint density at radius 2 is 1.15 bits per heavy atom. The number of allylic oxidation sites excluding steroid dienone is 4. The molecule has 0 aromatic carbocycles. The number of hydrogen-bond acceptors (Lipinski definition) is 6. The van der Waals surface area contributed by atoms with Crippen LogP contribution in [0.4, 0.5) is 0 Å². The standard InChI is InChI=1S/C17H20Br2N2O4.2C4H9.Sn/c1-5-24-16(22)14-8(3)12(18)10(20-14)7-11-13(19)9(4)15(21-11)17(23)25-6-2;2*1-3-4-2;/h22-23H,5-7H2,1-4H3;2*1,3-4H2,2H3;/q;;;+2/p-2/b16-14+,17-15+;;;. The molecule has 2 rings (SSSR count). The van der Waals surface area contributed by atoms with E-state index in [2.05, 4.69) is 55.7 Å². The van der Waals surface area contributed by atoms with Gasteiger partial charge in [-0.1, -0.05) is 13.8 Å². The topological polar surface area (TPSA) is 89.3 Å². The summed E-state index contributed by atoms with van der Waals surface area (Å²) in [5, 5.41) is 24.0. The largest absolute Gasteiger partial charge is 0.612 e. The summed E-state index contributed by atoms with van der Waals surface area (Å²) in [6.07, 6.45) is 6.20. The Balaban J connectivity index is 0.000000546. The predicted molar refractivity (Wildman–Crippen MR) is 145 cm³/mol. The van der Waals surface area contributed by atoms with Crippen molar-refractivity contribution in [3.63, 3.8) is 0 Å². The molecule has 0 spiro atoms. The molecule has 0 N–H and O–H groups in total. The summed E-state index contributed by atoms with van der Waals surface area (Å²) in [6.45, 7) is 12.3. The van der Waals surface area contributed by atoms with Gasteiger partial charge in [0, 0.05) is 15.4 Å². The van der Waals surface area contributed by atoms with E-state index in [1.165, 1.54) is 25.7 Å². The molecule has 2 heterocycles. The second-order valence-electron chi connectivity index (χ2n) is 7.77. The molecule has 0 aromatic heterocycles. The quantitative estimate of drug-likeness (QED) is 0.144. The predicted octanol–water partition coefficient (Wildman–Crippen LogP) is 5.88. The van der Waals surface area contributed by atoms with Crippen LogP contribution < -0.4 is 10.2 Å². The maximum absolute atomic E-state index is 12.0. The summed E-state index contributed by atoms with van der Waals surface area (Å²) in [4.78, 5) is 8.77. The molecule has 0 radical (unpaired) electrons. The number of nitrogens with zero attached hydrogens (tertiary/aromatic N) is 2. The van der Waals surface area contributed by atoms with Crippen molar-refractivity contribution in [1.82, 2.24) is 0 Å². The van der Waals surface area contributed by atoms with E-state index in [4.69, 9.17) is 9.47 Å². The fourth-order valence-corrected chi connectivity index (χ4v) is 8.09. The number of halogens is 2. The van der Waals surface area contributed by atoms with Crippen LogP contribution in [0.15, 0.2) is 53.4 Å². The van der Waals surface area contributed by atoms with Gasteiger partial charge in [-0.15, -0.1) is 0 Å². The van der Waals surface area contributed by atoms with Crippen molar-refractivity contribution in [2.75, 3.05) is 13.2 Å². The van der Waals surface area contributed by atoms with Crippen LogP contribution >= 0.6 is 31.9 Å². The van der Waals surface area contributed by atoms with Crippen LogP contribution in [0.25, 0.3) is 0 Å². The molecule has 0 aromatic rings. The van der Waals surface area contributed by atoms with Crippen LogP contribution in [0.2, 0.25) is 8.87 Å². The van der Waals surface area contributed by atoms with E-state index in [1.807, 2.05) is 0 Å². The third-order valence-electron chi connectivity index (χ3n) is 5.06. The SMILES string of the molecule is CCC[CH2][Sn+2][CH2]CCC.CCO/C([O-])=C1/N=C(CC2=N/C(=C(\[O-])OCC)C(C)=C2Br)C(Br)=C1C. The zero-order chi connectivity index (χ0) is 25.7. The number of ether oxygens (including phenoxy) is 2. The van der Waals surface area contributed by atoms with E-state index < -0.39 is 11.9 Å². The Morgan fingerprint density at radius 1 is 0.765 bits per heavy atom. The van der Waals surface area contributed by atoms with Crippen molar-refractivity contribution in [1.29, 1.82) is 0 Å². The molecular formula is C25H36Br2N2O4Sn. The Morgan fingerprint density at radius 3 is 1.47 bits per heavy atom. The molecule has 0 saturated heterocycles. The van der Waals surface area contributed by atoms with Crippen LogP contribution in [0.3, 0.4) is 0 Å². The Labute approximate surface area is 231 Å². The van der Waals surface area contributed by atoms with E-state index in [0.29, 0.717) is 17.8 Å². The fraction of sp³-hybridized carbons (Fsp3) is 0.600. The molecule has 2 aliphatic rings. The van der Waals surface area contributed by atoms with E-state index >= 15 is 0 Å². The Kier molecular flexibility index (Phi) is 15.5. The third kappa shape index (κ3) is 9.37. The summed E-state index contributed by atoms with van der Waals surface area (Å²) >= 11 is 7.10. The number of aliphatic imine (C=N–C) groups is 2. The monoisotopic (exact) mass is 706 g/mol. The van der Waals surface area contributed by atoms with Crippen molar-refractivity contribution in [3.8, 4) is 0 Å². The molecule has 34 heavy (non-hydrogen) atoms. The van der Waals surface area contributed by atoms with Crippen LogP contribution in [-0.4, -0.2) is 45.8 Å². The van der Waals surface area contributed by atoms with Gasteiger partial charge in [0.2, 0.25) is 0 Å². The van der Waals surface area contributed by atoms with Crippen molar-refractivity contribution in [2.45, 2.75) is 82.5 Å². The molecular weight excluding hydrogens is 671 g/mol. The van der Waals surface area contributed by atoms with Crippen molar-refractivity contribution >= 4 is 64.4 Å². The van der Waals surface area contributed by atoms with Gasteiger partial charge in [0.25, 0.3) is 0 Å². The first kappa shape index (κ1) is 31.3. The molecule has 0 amide bonds. The van der Waals surface area contributed by atoms with Gasteiger partial charge in [-0.25, -0.2) is 9.98 Å². The Bertz CT molecular complexity index is 819. The zero-order valence-corrected chi connectivity index (χ0v) is 27.2. The molecule has 2 aliphatic heterocycles. The van der Waals surface area contributed by atoms with Gasteiger partial charge in [0.1, 0.15) is 0 Å². The molecule has 188 valence electrons. The number of unbranched alkanes of at least 4 members (excludes halogenated alkanes) is 2. The minimum atomic E-state index is -0.454. The first-order chi connectivity index (χ1) is 16.2.